The van der Waals surface area contributed by atoms with Gasteiger partial charge in [0.05, 0.1) is 11.4 Å². The third kappa shape index (κ3) is 6.91. The van der Waals surface area contributed by atoms with Crippen molar-refractivity contribution in [2.45, 2.75) is 110 Å². The third-order valence-electron chi connectivity index (χ3n) is 5.76. The van der Waals surface area contributed by atoms with Gasteiger partial charge in [0, 0.05) is 5.92 Å². The molecular weight excluding hydrogens is 292 g/mol. The Morgan fingerprint density at radius 2 is 1.50 bits per heavy atom. The number of nitrogens with zero attached hydrogens (tertiary/aromatic N) is 2. The van der Waals surface area contributed by atoms with E-state index in [1.807, 2.05) is 0 Å². The van der Waals surface area contributed by atoms with Gasteiger partial charge in [-0.25, -0.2) is 0 Å². The average molecular weight is 331 g/mol. The van der Waals surface area contributed by atoms with Crippen molar-refractivity contribution in [3.05, 3.63) is 23.5 Å². The summed E-state index contributed by atoms with van der Waals surface area (Å²) < 4.78 is 0. The van der Waals surface area contributed by atoms with Crippen LogP contribution >= 0.6 is 0 Å². The van der Waals surface area contributed by atoms with Crippen molar-refractivity contribution in [3.63, 3.8) is 0 Å². The minimum Gasteiger partial charge on any atom is -0.155 e. The lowest BCUT2D eigenvalue weighted by Crippen LogP contribution is -2.15. The van der Waals surface area contributed by atoms with Crippen molar-refractivity contribution < 1.29 is 0 Å². The van der Waals surface area contributed by atoms with E-state index in [4.69, 9.17) is 0 Å². The zero-order valence-electron chi connectivity index (χ0n) is 16.1. The fourth-order valence-electron chi connectivity index (χ4n) is 4.06. The predicted octanol–water partition coefficient (Wildman–Crippen LogP) is 6.84. The zero-order chi connectivity index (χ0) is 17.0. The third-order valence-corrected chi connectivity index (χ3v) is 5.76. The van der Waals surface area contributed by atoms with Crippen molar-refractivity contribution in [1.82, 2.24) is 10.2 Å². The van der Waals surface area contributed by atoms with Crippen LogP contribution in [0.4, 0.5) is 0 Å². The van der Waals surface area contributed by atoms with Gasteiger partial charge in [-0.15, -0.1) is 0 Å². The number of aromatic nitrogens is 2. The normalized spacial score (nSPS) is 21.1. The fourth-order valence-corrected chi connectivity index (χ4v) is 4.06. The van der Waals surface area contributed by atoms with Crippen LogP contribution in [0.3, 0.4) is 0 Å². The van der Waals surface area contributed by atoms with Crippen molar-refractivity contribution >= 4 is 0 Å². The Balaban J connectivity index is 1.66. The molecule has 24 heavy (non-hydrogen) atoms. The molecular formula is C22H38N2. The zero-order valence-corrected chi connectivity index (χ0v) is 16.1. The summed E-state index contributed by atoms with van der Waals surface area (Å²) in [7, 11) is 0. The molecule has 0 atom stereocenters. The number of hydrogen-bond donors (Lipinski definition) is 0. The monoisotopic (exact) mass is 330 g/mol. The van der Waals surface area contributed by atoms with Crippen LogP contribution in [0.2, 0.25) is 0 Å². The van der Waals surface area contributed by atoms with Crippen LogP contribution in [0.1, 0.15) is 115 Å². The summed E-state index contributed by atoms with van der Waals surface area (Å²) in [5.74, 6) is 1.64. The number of rotatable bonds is 11. The molecule has 1 heterocycles. The molecule has 1 saturated carbocycles. The largest absolute Gasteiger partial charge is 0.155 e. The molecule has 0 unspecified atom stereocenters. The molecule has 1 aliphatic rings. The lowest BCUT2D eigenvalue weighted by Gasteiger charge is -2.28. The van der Waals surface area contributed by atoms with Crippen molar-refractivity contribution in [2.24, 2.45) is 5.92 Å². The van der Waals surface area contributed by atoms with Crippen LogP contribution in [0, 0.1) is 5.92 Å². The first-order valence-corrected chi connectivity index (χ1v) is 10.7. The fraction of sp³-hybridized carbons (Fsp3) is 0.818. The Labute approximate surface area is 149 Å². The smallest absolute Gasteiger partial charge is 0.0662 e. The van der Waals surface area contributed by atoms with E-state index >= 15 is 0 Å². The molecule has 0 aromatic carbocycles. The highest BCUT2D eigenvalue weighted by Crippen LogP contribution is 2.36. The molecule has 0 amide bonds. The van der Waals surface area contributed by atoms with Gasteiger partial charge in [-0.05, 0) is 56.6 Å². The maximum atomic E-state index is 4.55. The van der Waals surface area contributed by atoms with E-state index in [1.165, 1.54) is 94.9 Å². The molecule has 2 nitrogen and oxygen atoms in total. The van der Waals surface area contributed by atoms with E-state index in [1.54, 1.807) is 0 Å². The van der Waals surface area contributed by atoms with Gasteiger partial charge in [0.15, 0.2) is 0 Å². The molecule has 1 aromatic rings. The standard InChI is InChI=1S/C22H38N2/c1-3-5-7-8-10-11-19-13-15-20(16-14-19)22-18-17-21(23-24-22)12-9-6-4-2/h17-20H,3-16H2,1-2H3/t19-,20-. The second-order valence-electron chi connectivity index (χ2n) is 7.83. The van der Waals surface area contributed by atoms with Gasteiger partial charge in [0.2, 0.25) is 0 Å². The van der Waals surface area contributed by atoms with Crippen molar-refractivity contribution in [1.29, 1.82) is 0 Å². The summed E-state index contributed by atoms with van der Waals surface area (Å²) in [6.07, 6.45) is 18.9. The maximum absolute atomic E-state index is 4.55. The summed E-state index contributed by atoms with van der Waals surface area (Å²) in [6, 6.07) is 4.47. The summed E-state index contributed by atoms with van der Waals surface area (Å²) in [5, 5.41) is 9.02. The van der Waals surface area contributed by atoms with Crippen LogP contribution in [0.5, 0.6) is 0 Å². The lowest BCUT2D eigenvalue weighted by atomic mass is 9.78. The van der Waals surface area contributed by atoms with Crippen LogP contribution in [0.25, 0.3) is 0 Å². The minimum atomic E-state index is 0.665. The van der Waals surface area contributed by atoms with Crippen LogP contribution in [-0.2, 0) is 6.42 Å². The molecule has 136 valence electrons. The van der Waals surface area contributed by atoms with Crippen LogP contribution in [0.15, 0.2) is 12.1 Å². The quantitative estimate of drug-likeness (QED) is 0.415. The van der Waals surface area contributed by atoms with E-state index in [0.717, 1.165) is 12.3 Å². The van der Waals surface area contributed by atoms with Crippen LogP contribution < -0.4 is 0 Å². The lowest BCUT2D eigenvalue weighted by molar-refractivity contribution is 0.298. The molecule has 1 aromatic heterocycles. The number of hydrogen-bond acceptors (Lipinski definition) is 2. The summed E-state index contributed by atoms with van der Waals surface area (Å²) in [4.78, 5) is 0. The molecule has 0 aliphatic heterocycles. The van der Waals surface area contributed by atoms with Gasteiger partial charge in [-0.3, -0.25) is 0 Å². The van der Waals surface area contributed by atoms with Gasteiger partial charge in [0.1, 0.15) is 0 Å². The van der Waals surface area contributed by atoms with E-state index in [9.17, 15) is 0 Å². The molecule has 2 heteroatoms. The highest BCUT2D eigenvalue weighted by atomic mass is 15.1. The molecule has 0 saturated heterocycles. The maximum Gasteiger partial charge on any atom is 0.0662 e. The Kier molecular flexibility index (Phi) is 9.38. The second kappa shape index (κ2) is 11.6. The van der Waals surface area contributed by atoms with Crippen molar-refractivity contribution in [2.75, 3.05) is 0 Å². The van der Waals surface area contributed by atoms with Gasteiger partial charge < -0.3 is 0 Å². The van der Waals surface area contributed by atoms with Crippen LogP contribution in [-0.4, -0.2) is 10.2 Å². The Morgan fingerprint density at radius 1 is 0.792 bits per heavy atom. The number of unbranched alkanes of at least 4 members (excludes halogenated alkanes) is 6. The second-order valence-corrected chi connectivity index (χ2v) is 7.83. The molecule has 0 bridgehead atoms. The minimum absolute atomic E-state index is 0.665. The predicted molar refractivity (Wildman–Crippen MR) is 103 cm³/mol. The average Bonchev–Trinajstić information content (AvgIpc) is 2.63. The van der Waals surface area contributed by atoms with E-state index in [2.05, 4.69) is 36.2 Å². The van der Waals surface area contributed by atoms with Gasteiger partial charge >= 0.3 is 0 Å². The van der Waals surface area contributed by atoms with E-state index in [0.29, 0.717) is 5.92 Å². The number of aryl methyl sites for hydroxylation is 1. The molecule has 0 N–H and O–H groups in total. The van der Waals surface area contributed by atoms with E-state index < -0.39 is 0 Å². The van der Waals surface area contributed by atoms with Gasteiger partial charge in [-0.1, -0.05) is 65.2 Å². The van der Waals surface area contributed by atoms with E-state index in [-0.39, 0.29) is 0 Å². The first-order valence-electron chi connectivity index (χ1n) is 10.7. The molecule has 2 rings (SSSR count). The van der Waals surface area contributed by atoms with Gasteiger partial charge in [-0.2, -0.15) is 10.2 Å². The highest BCUT2D eigenvalue weighted by Gasteiger charge is 2.23. The first kappa shape index (κ1) is 19.4. The molecule has 1 fully saturated rings. The molecule has 0 spiro atoms. The summed E-state index contributed by atoms with van der Waals surface area (Å²) in [5.41, 5.74) is 2.42. The van der Waals surface area contributed by atoms with Crippen molar-refractivity contribution in [3.8, 4) is 0 Å². The SMILES string of the molecule is CCCCCCC[C@H]1CC[C@H](c2ccc(CCCCC)nn2)CC1. The Bertz CT molecular complexity index is 418. The summed E-state index contributed by atoms with van der Waals surface area (Å²) >= 11 is 0. The summed E-state index contributed by atoms with van der Waals surface area (Å²) in [6.45, 7) is 4.54. The van der Waals surface area contributed by atoms with Gasteiger partial charge in [0.25, 0.3) is 0 Å². The molecule has 1 aliphatic carbocycles. The Hall–Kier alpha value is -0.920. The first-order chi connectivity index (χ1) is 11.8. The highest BCUT2D eigenvalue weighted by molar-refractivity contribution is 5.12. The Morgan fingerprint density at radius 3 is 2.17 bits per heavy atom. The molecule has 0 radical (unpaired) electrons. The topological polar surface area (TPSA) is 25.8 Å².